The van der Waals surface area contributed by atoms with Crippen molar-refractivity contribution in [1.29, 1.82) is 0 Å². The Labute approximate surface area is 46.6 Å². The van der Waals surface area contributed by atoms with Gasteiger partial charge in [-0.15, -0.1) is 0 Å². The molecule has 4 N–H and O–H groups in total. The standard InChI is InChI=1S/C5H6N2O/c6-5(7)4-1-2-8-3-4/h1-3H,(H3,6,7)/p+1. The average molecular weight is 111 g/mol. The maximum atomic E-state index is 5.19. The van der Waals surface area contributed by atoms with E-state index in [1.807, 2.05) is 0 Å². The van der Waals surface area contributed by atoms with E-state index in [-0.39, 0.29) is 0 Å². The van der Waals surface area contributed by atoms with Gasteiger partial charge >= 0.3 is 0 Å². The van der Waals surface area contributed by atoms with Gasteiger partial charge in [0, 0.05) is 0 Å². The van der Waals surface area contributed by atoms with Crippen molar-refractivity contribution >= 4 is 5.84 Å². The van der Waals surface area contributed by atoms with Crippen LogP contribution in [-0.2, 0) is 0 Å². The van der Waals surface area contributed by atoms with E-state index in [4.69, 9.17) is 15.6 Å². The van der Waals surface area contributed by atoms with Crippen LogP contribution in [0.2, 0.25) is 0 Å². The Morgan fingerprint density at radius 2 is 2.50 bits per heavy atom. The predicted octanol–water partition coefficient (Wildman–Crippen LogP) is -1.26. The number of amidine groups is 1. The van der Waals surface area contributed by atoms with Crippen LogP contribution in [-0.4, -0.2) is 5.84 Å². The van der Waals surface area contributed by atoms with E-state index in [9.17, 15) is 0 Å². The van der Waals surface area contributed by atoms with E-state index in [0.29, 0.717) is 5.84 Å². The highest BCUT2D eigenvalue weighted by Gasteiger charge is 1.99. The number of hydrogen-bond donors (Lipinski definition) is 2. The third-order valence-electron chi connectivity index (χ3n) is 0.855. The summed E-state index contributed by atoms with van der Waals surface area (Å²) in [6.45, 7) is 0. The van der Waals surface area contributed by atoms with Crippen molar-refractivity contribution < 1.29 is 9.83 Å². The van der Waals surface area contributed by atoms with Gasteiger partial charge in [0.1, 0.15) is 11.8 Å². The minimum absolute atomic E-state index is 0.291. The van der Waals surface area contributed by atoms with Gasteiger partial charge in [-0.3, -0.25) is 11.1 Å². The summed E-state index contributed by atoms with van der Waals surface area (Å²) < 4.78 is 4.69. The van der Waals surface area contributed by atoms with Crippen LogP contribution in [0.25, 0.3) is 0 Å². The van der Waals surface area contributed by atoms with Gasteiger partial charge in [0.2, 0.25) is 0 Å². The fourth-order valence-corrected chi connectivity index (χ4v) is 0.429. The smallest absolute Gasteiger partial charge is 0.273 e. The molecule has 0 saturated carbocycles. The second-order valence-electron chi connectivity index (χ2n) is 1.47. The second kappa shape index (κ2) is 1.69. The summed E-state index contributed by atoms with van der Waals surface area (Å²) in [7, 11) is 0. The largest absolute Gasteiger partial charge is 0.472 e. The molecule has 0 bridgehead atoms. The Kier molecular flexibility index (Phi) is 1.04. The van der Waals surface area contributed by atoms with Crippen LogP contribution < -0.4 is 11.1 Å². The highest BCUT2D eigenvalue weighted by Crippen LogP contribution is 1.94. The van der Waals surface area contributed by atoms with E-state index in [1.54, 1.807) is 6.07 Å². The fraction of sp³-hybridized carbons (Fsp3) is 0. The topological polar surface area (TPSA) is 64.8 Å². The SMILES string of the molecule is NC(=[NH2+])c1ccoc1. The molecule has 0 aliphatic rings. The van der Waals surface area contributed by atoms with Crippen molar-refractivity contribution in [1.82, 2.24) is 0 Å². The quantitative estimate of drug-likeness (QED) is 0.351. The van der Waals surface area contributed by atoms with Crippen LogP contribution in [0.15, 0.2) is 23.0 Å². The highest BCUT2D eigenvalue weighted by atomic mass is 16.3. The van der Waals surface area contributed by atoms with Gasteiger partial charge in [-0.05, 0) is 6.07 Å². The number of furan rings is 1. The van der Waals surface area contributed by atoms with Crippen LogP contribution in [0.3, 0.4) is 0 Å². The van der Waals surface area contributed by atoms with Crippen LogP contribution in [0.4, 0.5) is 0 Å². The van der Waals surface area contributed by atoms with Gasteiger partial charge in [-0.1, -0.05) is 0 Å². The Balaban J connectivity index is 2.93. The van der Waals surface area contributed by atoms with E-state index in [0.717, 1.165) is 5.56 Å². The number of rotatable bonds is 1. The van der Waals surface area contributed by atoms with E-state index in [2.05, 4.69) is 0 Å². The molecule has 0 aromatic carbocycles. The van der Waals surface area contributed by atoms with Crippen molar-refractivity contribution in [2.45, 2.75) is 0 Å². The van der Waals surface area contributed by atoms with Crippen molar-refractivity contribution in [2.75, 3.05) is 0 Å². The molecule has 1 heterocycles. The summed E-state index contributed by atoms with van der Waals surface area (Å²) >= 11 is 0. The molecule has 0 unspecified atom stereocenters. The van der Waals surface area contributed by atoms with Crippen LogP contribution in [0, 0.1) is 0 Å². The molecule has 0 atom stereocenters. The van der Waals surface area contributed by atoms with Gasteiger partial charge in [0.15, 0.2) is 0 Å². The number of hydrogen-bond acceptors (Lipinski definition) is 1. The second-order valence-corrected chi connectivity index (χ2v) is 1.47. The van der Waals surface area contributed by atoms with Crippen molar-refractivity contribution in [3.63, 3.8) is 0 Å². The Morgan fingerprint density at radius 1 is 1.75 bits per heavy atom. The Morgan fingerprint density at radius 3 is 2.75 bits per heavy atom. The van der Waals surface area contributed by atoms with Crippen LogP contribution in [0.1, 0.15) is 5.56 Å². The summed E-state index contributed by atoms with van der Waals surface area (Å²) in [6.07, 6.45) is 3.02. The summed E-state index contributed by atoms with van der Waals surface area (Å²) in [6, 6.07) is 1.70. The highest BCUT2D eigenvalue weighted by molar-refractivity contribution is 5.91. The molecule has 8 heavy (non-hydrogen) atoms. The van der Waals surface area contributed by atoms with E-state index < -0.39 is 0 Å². The molecule has 0 radical (unpaired) electrons. The molecule has 0 aliphatic heterocycles. The van der Waals surface area contributed by atoms with Gasteiger partial charge in [0.25, 0.3) is 5.84 Å². The monoisotopic (exact) mass is 111 g/mol. The molecule has 1 aromatic rings. The minimum atomic E-state index is 0.291. The van der Waals surface area contributed by atoms with Crippen LogP contribution >= 0.6 is 0 Å². The van der Waals surface area contributed by atoms with E-state index >= 15 is 0 Å². The summed E-state index contributed by atoms with van der Waals surface area (Å²) in [5.74, 6) is 0.291. The molecule has 1 rings (SSSR count). The molecule has 0 amide bonds. The lowest BCUT2D eigenvalue weighted by Gasteiger charge is -1.76. The minimum Gasteiger partial charge on any atom is -0.472 e. The lowest BCUT2D eigenvalue weighted by molar-refractivity contribution is -0.114. The number of nitrogens with two attached hydrogens (primary N) is 2. The van der Waals surface area contributed by atoms with Gasteiger partial charge in [-0.2, -0.15) is 0 Å². The van der Waals surface area contributed by atoms with E-state index in [1.165, 1.54) is 12.5 Å². The molecule has 0 aliphatic carbocycles. The molecule has 0 spiro atoms. The first kappa shape index (κ1) is 4.90. The fourth-order valence-electron chi connectivity index (χ4n) is 0.429. The summed E-state index contributed by atoms with van der Waals surface area (Å²) in [4.78, 5) is 0. The maximum absolute atomic E-state index is 5.19. The summed E-state index contributed by atoms with van der Waals surface area (Å²) in [5.41, 5.74) is 5.93. The molecule has 3 heteroatoms. The van der Waals surface area contributed by atoms with Crippen molar-refractivity contribution in [3.8, 4) is 0 Å². The zero-order valence-electron chi connectivity index (χ0n) is 4.29. The first-order valence-corrected chi connectivity index (χ1v) is 2.21. The Hall–Kier alpha value is -1.25. The van der Waals surface area contributed by atoms with Gasteiger partial charge in [-0.25, -0.2) is 0 Å². The molecule has 42 valence electrons. The third-order valence-corrected chi connectivity index (χ3v) is 0.855. The molecule has 3 nitrogen and oxygen atoms in total. The van der Waals surface area contributed by atoms with Crippen molar-refractivity contribution in [2.24, 2.45) is 5.73 Å². The average Bonchev–Trinajstić information content (AvgIpc) is 2.12. The first-order valence-electron chi connectivity index (χ1n) is 2.21. The molecular formula is C5H7N2O+. The Bertz CT molecular complexity index is 178. The van der Waals surface area contributed by atoms with Crippen LogP contribution in [0.5, 0.6) is 0 Å². The maximum Gasteiger partial charge on any atom is 0.273 e. The lowest BCUT2D eigenvalue weighted by Crippen LogP contribution is -2.45. The molecule has 0 saturated heterocycles. The molecule has 1 aromatic heterocycles. The zero-order valence-corrected chi connectivity index (χ0v) is 4.29. The lowest BCUT2D eigenvalue weighted by atomic mass is 10.3. The normalized spacial score (nSPS) is 9.00. The predicted molar refractivity (Wildman–Crippen MR) is 28.9 cm³/mol. The van der Waals surface area contributed by atoms with Gasteiger partial charge in [0.05, 0.1) is 6.26 Å². The third kappa shape index (κ3) is 0.703. The zero-order chi connectivity index (χ0) is 5.98. The molecular weight excluding hydrogens is 104 g/mol. The van der Waals surface area contributed by atoms with Crippen molar-refractivity contribution in [3.05, 3.63) is 24.2 Å². The van der Waals surface area contributed by atoms with Gasteiger partial charge < -0.3 is 4.42 Å². The summed E-state index contributed by atoms with van der Waals surface area (Å²) in [5, 5.41) is 5.19. The molecule has 0 fully saturated rings. The first-order chi connectivity index (χ1) is 3.80.